The van der Waals surface area contributed by atoms with Crippen molar-refractivity contribution in [2.75, 3.05) is 12.9 Å². The second-order valence-corrected chi connectivity index (χ2v) is 37.2. The molecular formula is C60H92N4O15SSi2. The fraction of sp³-hybridized carbons (Fsp3) is 0.667. The standard InChI is InChI=1S/C28H42N2O8SSi.C27H40N2O6Si.C5H10O/c1-9-28(27(15-16-27)38-40(7,8)26(3,4)5)22(35-18-20-13-11-10-12-14-20)21(37-39(6,33)34)24(36-28)30-17-19(2)23(31)29-25(30)32;1-8-27(26(14-15-26)35-36(6,7)25(3,4)5)21(33-17-19-12-10-9-11-13-19)20(30)23(34-27)29-16-18(2)22(31)28-24(29)32;1-5-3-2-4-6-5/h10-14,17,21-22,24H,9,15-16,18H2,1-8H3,(H,29,31,32);9-13,16,20-21,23,30H,8,14-15,17H2,1-7H3,(H,28,31,32);5H,2-4H2,1H3/t21-,22?,24+,28+;20-,21?,23+,27+;/m00./s1. The van der Waals surface area contributed by atoms with E-state index in [1.54, 1.807) is 13.8 Å². The van der Waals surface area contributed by atoms with Crippen LogP contribution in [0.3, 0.4) is 0 Å². The van der Waals surface area contributed by atoms with Crippen molar-refractivity contribution in [1.29, 1.82) is 0 Å². The number of ether oxygens (including phenoxy) is 5. The predicted octanol–water partition coefficient (Wildman–Crippen LogP) is 9.22. The Balaban J connectivity index is 0.000000215. The summed E-state index contributed by atoms with van der Waals surface area (Å²) in [6.45, 7) is 32.6. The van der Waals surface area contributed by atoms with E-state index >= 15 is 0 Å². The first kappa shape index (κ1) is 65.4. The molecule has 5 aliphatic rings. The van der Waals surface area contributed by atoms with Crippen LogP contribution in [-0.4, -0.2) is 115 Å². The Morgan fingerprint density at radius 2 is 1.07 bits per heavy atom. The van der Waals surface area contributed by atoms with Gasteiger partial charge >= 0.3 is 11.4 Å². The molecule has 3 N–H and O–H groups in total. The molecular weight excluding hydrogens is 1100 g/mol. The smallest absolute Gasteiger partial charge is 0.330 e. The molecule has 456 valence electrons. The molecule has 9 rings (SSSR count). The third-order valence-electron chi connectivity index (χ3n) is 18.1. The average molecular weight is 1200 g/mol. The van der Waals surface area contributed by atoms with Crippen LogP contribution in [0.1, 0.15) is 148 Å². The van der Waals surface area contributed by atoms with Crippen molar-refractivity contribution in [2.45, 2.75) is 242 Å². The van der Waals surface area contributed by atoms with Crippen LogP contribution in [0.4, 0.5) is 0 Å². The van der Waals surface area contributed by atoms with E-state index in [1.165, 1.54) is 34.4 Å². The van der Waals surface area contributed by atoms with Crippen LogP contribution < -0.4 is 22.5 Å². The van der Waals surface area contributed by atoms with E-state index in [-0.39, 0.29) is 28.9 Å². The second kappa shape index (κ2) is 24.7. The molecule has 2 aromatic heterocycles. The first-order valence-corrected chi connectivity index (χ1v) is 36.6. The molecule has 9 atom stereocenters. The molecule has 0 radical (unpaired) electrons. The molecule has 2 saturated carbocycles. The van der Waals surface area contributed by atoms with E-state index in [0.717, 1.165) is 36.8 Å². The molecule has 3 unspecified atom stereocenters. The molecule has 5 heterocycles. The Labute approximate surface area is 486 Å². The van der Waals surface area contributed by atoms with E-state index in [9.17, 15) is 32.7 Å². The van der Waals surface area contributed by atoms with Gasteiger partial charge in [0.25, 0.3) is 21.2 Å². The molecule has 0 spiro atoms. The summed E-state index contributed by atoms with van der Waals surface area (Å²) in [6.07, 6.45) is 4.54. The van der Waals surface area contributed by atoms with Crippen molar-refractivity contribution < 1.29 is 50.2 Å². The lowest BCUT2D eigenvalue weighted by Gasteiger charge is -2.47. The third kappa shape index (κ3) is 13.7. The number of aryl methyl sites for hydroxylation is 2. The first-order valence-electron chi connectivity index (χ1n) is 29.0. The number of aromatic nitrogens is 4. The fourth-order valence-electron chi connectivity index (χ4n) is 11.2. The molecule has 3 saturated heterocycles. The van der Waals surface area contributed by atoms with Gasteiger partial charge in [-0.25, -0.2) is 9.59 Å². The van der Waals surface area contributed by atoms with E-state index in [0.29, 0.717) is 37.4 Å². The van der Waals surface area contributed by atoms with Crippen molar-refractivity contribution >= 4 is 26.8 Å². The third-order valence-corrected chi connectivity index (χ3v) is 27.7. The molecule has 4 aromatic rings. The molecule has 5 fully saturated rings. The lowest BCUT2D eigenvalue weighted by Crippen LogP contribution is -2.60. The number of hydrogen-bond acceptors (Lipinski definition) is 15. The number of H-pyrrole nitrogens is 2. The highest BCUT2D eigenvalue weighted by atomic mass is 32.2. The highest BCUT2D eigenvalue weighted by molar-refractivity contribution is 7.86. The summed E-state index contributed by atoms with van der Waals surface area (Å²) in [6, 6.07) is 19.3. The van der Waals surface area contributed by atoms with Gasteiger partial charge in [0.1, 0.15) is 29.5 Å². The molecule has 22 heteroatoms. The number of aliphatic hydroxyl groups is 1. The van der Waals surface area contributed by atoms with Crippen LogP contribution >= 0.6 is 0 Å². The second-order valence-electron chi connectivity index (χ2n) is 26.2. The van der Waals surface area contributed by atoms with E-state index in [1.807, 2.05) is 74.5 Å². The summed E-state index contributed by atoms with van der Waals surface area (Å²) in [4.78, 5) is 54.6. The lowest BCUT2D eigenvalue weighted by molar-refractivity contribution is -0.185. The Hall–Kier alpha value is -4.18. The maximum atomic E-state index is 13.1. The maximum Gasteiger partial charge on any atom is 0.330 e. The van der Waals surface area contributed by atoms with Crippen molar-refractivity contribution in [3.05, 3.63) is 137 Å². The van der Waals surface area contributed by atoms with Gasteiger partial charge in [0.2, 0.25) is 0 Å². The van der Waals surface area contributed by atoms with Crippen LogP contribution in [0.5, 0.6) is 0 Å². The van der Waals surface area contributed by atoms with Crippen LogP contribution in [0.15, 0.2) is 92.2 Å². The van der Waals surface area contributed by atoms with Crippen molar-refractivity contribution in [2.24, 2.45) is 0 Å². The topological polar surface area (TPSA) is 238 Å². The predicted molar refractivity (Wildman–Crippen MR) is 319 cm³/mol. The number of aromatic amines is 2. The molecule has 82 heavy (non-hydrogen) atoms. The maximum absolute atomic E-state index is 13.1. The molecule has 3 aliphatic heterocycles. The van der Waals surface area contributed by atoms with E-state index < -0.39 is 109 Å². The minimum absolute atomic E-state index is 0.0124. The summed E-state index contributed by atoms with van der Waals surface area (Å²) in [5, 5.41) is 11.5. The Kier molecular flexibility index (Phi) is 19.7. The van der Waals surface area contributed by atoms with Gasteiger partial charge in [-0.15, -0.1) is 0 Å². The van der Waals surface area contributed by atoms with Crippen LogP contribution in [-0.2, 0) is 60.1 Å². The Morgan fingerprint density at radius 1 is 0.671 bits per heavy atom. The summed E-state index contributed by atoms with van der Waals surface area (Å²) in [5.41, 5.74) is -3.33. The number of rotatable bonds is 18. The van der Waals surface area contributed by atoms with Gasteiger partial charge in [-0.1, -0.05) is 116 Å². The van der Waals surface area contributed by atoms with Crippen LogP contribution in [0, 0.1) is 13.8 Å². The van der Waals surface area contributed by atoms with Crippen molar-refractivity contribution in [1.82, 2.24) is 19.1 Å². The zero-order chi connectivity index (χ0) is 60.6. The normalized spacial score (nSPS) is 27.7. The number of hydrogen-bond donors (Lipinski definition) is 3. The minimum atomic E-state index is -4.02. The fourth-order valence-corrected chi connectivity index (χ4v) is 15.1. The Morgan fingerprint density at radius 3 is 1.43 bits per heavy atom. The summed E-state index contributed by atoms with van der Waals surface area (Å²) in [7, 11) is -8.56. The molecule has 0 bridgehead atoms. The van der Waals surface area contributed by atoms with Gasteiger partial charge in [0.05, 0.1) is 36.8 Å². The quantitative estimate of drug-likeness (QED) is 0.0622. The zero-order valence-corrected chi connectivity index (χ0v) is 54.0. The molecule has 19 nitrogen and oxygen atoms in total. The van der Waals surface area contributed by atoms with Gasteiger partial charge in [-0.05, 0) is 120 Å². The highest BCUT2D eigenvalue weighted by Crippen LogP contribution is 2.63. The first-order chi connectivity index (χ1) is 38.1. The van der Waals surface area contributed by atoms with Gasteiger partial charge in [-0.2, -0.15) is 8.42 Å². The number of nitrogens with one attached hydrogen (secondary N) is 2. The van der Waals surface area contributed by atoms with Crippen molar-refractivity contribution in [3.63, 3.8) is 0 Å². The van der Waals surface area contributed by atoms with Gasteiger partial charge in [0, 0.05) is 30.1 Å². The van der Waals surface area contributed by atoms with E-state index in [2.05, 4.69) is 84.6 Å². The number of benzene rings is 2. The van der Waals surface area contributed by atoms with Gasteiger partial charge in [-0.3, -0.25) is 32.9 Å². The number of aliphatic hydroxyl groups excluding tert-OH is 1. The minimum Gasteiger partial charge on any atom is -0.408 e. The van der Waals surface area contributed by atoms with Crippen molar-refractivity contribution in [3.8, 4) is 0 Å². The Bertz CT molecular complexity index is 3180. The molecule has 2 aromatic carbocycles. The monoisotopic (exact) mass is 1200 g/mol. The summed E-state index contributed by atoms with van der Waals surface area (Å²) >= 11 is 0. The summed E-state index contributed by atoms with van der Waals surface area (Å²) in [5.74, 6) is 0. The summed E-state index contributed by atoms with van der Waals surface area (Å²) < 4.78 is 79.2. The number of nitrogens with zero attached hydrogens (tertiary/aromatic N) is 2. The lowest BCUT2D eigenvalue weighted by atomic mass is 9.84. The van der Waals surface area contributed by atoms with Gasteiger partial charge < -0.3 is 37.6 Å². The highest BCUT2D eigenvalue weighted by Gasteiger charge is 2.74. The molecule has 0 amide bonds. The van der Waals surface area contributed by atoms with Gasteiger partial charge in [0.15, 0.2) is 35.2 Å². The van der Waals surface area contributed by atoms with E-state index in [4.69, 9.17) is 36.7 Å². The molecule has 2 aliphatic carbocycles. The largest absolute Gasteiger partial charge is 0.408 e. The van der Waals surface area contributed by atoms with Crippen LogP contribution in [0.25, 0.3) is 0 Å². The average Bonchev–Trinajstić information content (AvgIpc) is 1.64. The van der Waals surface area contributed by atoms with Crippen LogP contribution in [0.2, 0.25) is 36.3 Å². The zero-order valence-electron chi connectivity index (χ0n) is 51.2. The SMILES string of the molecule is CC1CCCO1.CC[C@@]1(C2(O[Si](C)(C)C(C)(C)C)CC2)O[C@@H](n2cc(C)c(=O)[nH]c2=O)[C@@H](O)C1OCc1ccccc1.CC[C@@]1(C2(O[Si](C)(C)C(C)(C)C)CC2)O[C@@H](n2cc(C)c(=O)[nH]c2=O)[C@@H](OS(C)(=O)=O)C1OCc1ccccc1.